The maximum absolute atomic E-state index is 11.7. The summed E-state index contributed by atoms with van der Waals surface area (Å²) in [5, 5.41) is 2.80. The normalized spacial score (nSPS) is 16.2. The summed E-state index contributed by atoms with van der Waals surface area (Å²) in [4.78, 5) is 25.0. The summed E-state index contributed by atoms with van der Waals surface area (Å²) in [6.07, 6.45) is 2.90. The smallest absolute Gasteiger partial charge is 0.223 e. The van der Waals surface area contributed by atoms with E-state index in [1.807, 2.05) is 13.8 Å². The molecule has 1 aliphatic carbocycles. The van der Waals surface area contributed by atoms with E-state index in [1.54, 1.807) is 4.90 Å². The molecule has 104 valence electrons. The third kappa shape index (κ3) is 5.04. The van der Waals surface area contributed by atoms with Gasteiger partial charge in [-0.3, -0.25) is 9.59 Å². The van der Waals surface area contributed by atoms with Gasteiger partial charge in [-0.15, -0.1) is 0 Å². The Hall–Kier alpha value is -1.10. The van der Waals surface area contributed by atoms with Crippen molar-refractivity contribution < 1.29 is 9.59 Å². The topological polar surface area (TPSA) is 75.4 Å². The Kier molecular flexibility index (Phi) is 6.12. The van der Waals surface area contributed by atoms with Crippen LogP contribution in [-0.4, -0.2) is 42.4 Å². The first kappa shape index (κ1) is 15.0. The van der Waals surface area contributed by atoms with E-state index < -0.39 is 0 Å². The van der Waals surface area contributed by atoms with E-state index >= 15 is 0 Å². The third-order valence-electron chi connectivity index (χ3n) is 3.44. The lowest BCUT2D eigenvalue weighted by molar-refractivity contribution is -0.133. The zero-order chi connectivity index (χ0) is 13.5. The Bertz CT molecular complexity index is 286. The van der Waals surface area contributed by atoms with Gasteiger partial charge in [-0.25, -0.2) is 0 Å². The number of nitrogens with one attached hydrogen (secondary N) is 1. The van der Waals surface area contributed by atoms with Crippen molar-refractivity contribution >= 4 is 11.8 Å². The third-order valence-corrected chi connectivity index (χ3v) is 3.44. The van der Waals surface area contributed by atoms with Crippen LogP contribution in [0.1, 0.15) is 39.5 Å². The maximum Gasteiger partial charge on any atom is 0.223 e. The highest BCUT2D eigenvalue weighted by Gasteiger charge is 2.28. The second-order valence-corrected chi connectivity index (χ2v) is 4.87. The van der Waals surface area contributed by atoms with E-state index in [-0.39, 0.29) is 30.7 Å². The number of amides is 2. The molecule has 0 aromatic carbocycles. The number of rotatable bonds is 8. The van der Waals surface area contributed by atoms with Gasteiger partial charge in [0.2, 0.25) is 11.8 Å². The Morgan fingerprint density at radius 2 is 1.89 bits per heavy atom. The van der Waals surface area contributed by atoms with Gasteiger partial charge in [0.15, 0.2) is 0 Å². The first-order chi connectivity index (χ1) is 8.58. The molecule has 1 atom stereocenters. The SMILES string of the molecule is CCN(CC)C(=O)CCC(=O)NCC(N)C1CC1. The van der Waals surface area contributed by atoms with Crippen LogP contribution in [0, 0.1) is 5.92 Å². The van der Waals surface area contributed by atoms with Gasteiger partial charge >= 0.3 is 0 Å². The molecular weight excluding hydrogens is 230 g/mol. The molecule has 1 unspecified atom stereocenters. The summed E-state index contributed by atoms with van der Waals surface area (Å²) >= 11 is 0. The van der Waals surface area contributed by atoms with Gasteiger partial charge in [0.05, 0.1) is 0 Å². The number of hydrogen-bond acceptors (Lipinski definition) is 3. The lowest BCUT2D eigenvalue weighted by Gasteiger charge is -2.18. The zero-order valence-corrected chi connectivity index (χ0v) is 11.4. The molecule has 3 N–H and O–H groups in total. The summed E-state index contributed by atoms with van der Waals surface area (Å²) in [5.41, 5.74) is 5.88. The molecule has 0 bridgehead atoms. The highest BCUT2D eigenvalue weighted by molar-refractivity contribution is 5.83. The number of carbonyl (C=O) groups is 2. The predicted molar refractivity (Wildman–Crippen MR) is 70.9 cm³/mol. The average Bonchev–Trinajstić information content (AvgIpc) is 3.19. The van der Waals surface area contributed by atoms with Crippen molar-refractivity contribution in [3.05, 3.63) is 0 Å². The van der Waals surface area contributed by atoms with Gasteiger partial charge in [0, 0.05) is 38.5 Å². The van der Waals surface area contributed by atoms with Crippen molar-refractivity contribution in [2.45, 2.75) is 45.6 Å². The molecule has 0 aromatic heterocycles. The van der Waals surface area contributed by atoms with Crippen LogP contribution < -0.4 is 11.1 Å². The molecule has 0 heterocycles. The van der Waals surface area contributed by atoms with Crippen LogP contribution in [0.15, 0.2) is 0 Å². The van der Waals surface area contributed by atoms with E-state index in [2.05, 4.69) is 5.32 Å². The molecule has 1 fully saturated rings. The Labute approximate surface area is 109 Å². The number of hydrogen-bond donors (Lipinski definition) is 2. The minimum absolute atomic E-state index is 0.0432. The second-order valence-electron chi connectivity index (χ2n) is 4.87. The van der Waals surface area contributed by atoms with Gasteiger partial charge in [0.25, 0.3) is 0 Å². The van der Waals surface area contributed by atoms with Gasteiger partial charge in [-0.2, -0.15) is 0 Å². The van der Waals surface area contributed by atoms with Crippen molar-refractivity contribution in [2.75, 3.05) is 19.6 Å². The quantitative estimate of drug-likeness (QED) is 0.663. The molecule has 1 rings (SSSR count). The largest absolute Gasteiger partial charge is 0.355 e. The molecule has 5 heteroatoms. The van der Waals surface area contributed by atoms with Gasteiger partial charge < -0.3 is 16.0 Å². The van der Waals surface area contributed by atoms with Crippen LogP contribution in [0.25, 0.3) is 0 Å². The van der Waals surface area contributed by atoms with Crippen LogP contribution in [0.4, 0.5) is 0 Å². The summed E-state index contributed by atoms with van der Waals surface area (Å²) in [7, 11) is 0. The molecule has 0 radical (unpaired) electrons. The molecule has 2 amide bonds. The highest BCUT2D eigenvalue weighted by atomic mass is 16.2. The fraction of sp³-hybridized carbons (Fsp3) is 0.846. The Balaban J connectivity index is 2.13. The monoisotopic (exact) mass is 255 g/mol. The minimum Gasteiger partial charge on any atom is -0.355 e. The number of carbonyl (C=O) groups excluding carboxylic acids is 2. The van der Waals surface area contributed by atoms with Crippen LogP contribution in [0.3, 0.4) is 0 Å². The molecule has 0 saturated heterocycles. The molecule has 0 spiro atoms. The van der Waals surface area contributed by atoms with Gasteiger partial charge in [0.1, 0.15) is 0 Å². The van der Waals surface area contributed by atoms with E-state index in [4.69, 9.17) is 5.73 Å². The Morgan fingerprint density at radius 1 is 1.28 bits per heavy atom. The van der Waals surface area contributed by atoms with Gasteiger partial charge in [-0.1, -0.05) is 0 Å². The molecule has 1 saturated carbocycles. The predicted octanol–water partition coefficient (Wildman–Crippen LogP) is 0.489. The molecule has 1 aliphatic rings. The van der Waals surface area contributed by atoms with E-state index in [0.29, 0.717) is 25.6 Å². The lowest BCUT2D eigenvalue weighted by Crippen LogP contribution is -2.39. The van der Waals surface area contributed by atoms with Crippen LogP contribution in [-0.2, 0) is 9.59 Å². The van der Waals surface area contributed by atoms with Crippen LogP contribution in [0.5, 0.6) is 0 Å². The highest BCUT2D eigenvalue weighted by Crippen LogP contribution is 2.31. The van der Waals surface area contributed by atoms with Crippen LogP contribution in [0.2, 0.25) is 0 Å². The van der Waals surface area contributed by atoms with Crippen molar-refractivity contribution in [1.82, 2.24) is 10.2 Å². The van der Waals surface area contributed by atoms with Crippen molar-refractivity contribution in [3.8, 4) is 0 Å². The summed E-state index contributed by atoms with van der Waals surface area (Å²) < 4.78 is 0. The first-order valence-electron chi connectivity index (χ1n) is 6.88. The fourth-order valence-electron chi connectivity index (χ4n) is 1.97. The maximum atomic E-state index is 11.7. The minimum atomic E-state index is -0.0772. The molecule has 18 heavy (non-hydrogen) atoms. The first-order valence-corrected chi connectivity index (χ1v) is 6.88. The number of nitrogens with zero attached hydrogens (tertiary/aromatic N) is 1. The molecule has 5 nitrogen and oxygen atoms in total. The van der Waals surface area contributed by atoms with E-state index in [1.165, 1.54) is 12.8 Å². The summed E-state index contributed by atoms with van der Waals surface area (Å²) in [5.74, 6) is 0.552. The van der Waals surface area contributed by atoms with Crippen molar-refractivity contribution in [3.63, 3.8) is 0 Å². The van der Waals surface area contributed by atoms with Gasteiger partial charge in [-0.05, 0) is 32.6 Å². The van der Waals surface area contributed by atoms with Crippen LogP contribution >= 0.6 is 0 Å². The summed E-state index contributed by atoms with van der Waals surface area (Å²) in [6, 6.07) is 0.0763. The average molecular weight is 255 g/mol. The van der Waals surface area contributed by atoms with Crippen molar-refractivity contribution in [1.29, 1.82) is 0 Å². The standard InChI is InChI=1S/C13H25N3O2/c1-3-16(4-2)13(18)8-7-12(17)15-9-11(14)10-5-6-10/h10-11H,3-9,14H2,1-2H3,(H,15,17). The fourth-order valence-corrected chi connectivity index (χ4v) is 1.97. The summed E-state index contributed by atoms with van der Waals surface area (Å²) in [6.45, 7) is 5.81. The second kappa shape index (κ2) is 7.36. The number of nitrogens with two attached hydrogens (primary N) is 1. The van der Waals surface area contributed by atoms with Crippen molar-refractivity contribution in [2.24, 2.45) is 11.7 Å². The van der Waals surface area contributed by atoms with E-state index in [9.17, 15) is 9.59 Å². The Morgan fingerprint density at radius 3 is 2.39 bits per heavy atom. The molecule has 0 aromatic rings. The molecule has 0 aliphatic heterocycles. The van der Waals surface area contributed by atoms with E-state index in [0.717, 1.165) is 0 Å². The zero-order valence-electron chi connectivity index (χ0n) is 11.4. The lowest BCUT2D eigenvalue weighted by atomic mass is 10.2. The molecular formula is C13H25N3O2.